The molecule has 0 unspecified atom stereocenters. The largest absolute Gasteiger partial charge is 0.494 e. The zero-order valence-electron chi connectivity index (χ0n) is 12.1. The average molecular weight is 387 g/mol. The molecule has 110 valence electrons. The first-order valence-corrected chi connectivity index (χ1v) is 7.93. The van der Waals surface area contributed by atoms with Gasteiger partial charge in [0.1, 0.15) is 5.75 Å². The van der Waals surface area contributed by atoms with Crippen LogP contribution in [0.25, 0.3) is 0 Å². The van der Waals surface area contributed by atoms with Crippen molar-refractivity contribution < 1.29 is 9.53 Å². The summed E-state index contributed by atoms with van der Waals surface area (Å²) in [5.41, 5.74) is 0. The molecule has 0 saturated heterocycles. The van der Waals surface area contributed by atoms with E-state index < -0.39 is 0 Å². The maximum atomic E-state index is 11.3. The van der Waals surface area contributed by atoms with Crippen LogP contribution in [0.1, 0.15) is 25.7 Å². The van der Waals surface area contributed by atoms with Crippen LogP contribution in [-0.4, -0.2) is 31.5 Å². The molecule has 1 amide bonds. The lowest BCUT2D eigenvalue weighted by Gasteiger charge is -2.06. The van der Waals surface area contributed by atoms with Crippen molar-refractivity contribution in [3.05, 3.63) is 40.0 Å². The first-order chi connectivity index (χ1) is 9.59. The highest BCUT2D eigenvalue weighted by Crippen LogP contribution is 2.14. The molecule has 1 rings (SSSR count). The van der Waals surface area contributed by atoms with E-state index in [-0.39, 0.29) is 5.91 Å². The number of allylic oxidation sites excluding steroid dienone is 1. The van der Waals surface area contributed by atoms with E-state index in [9.17, 15) is 4.79 Å². The van der Waals surface area contributed by atoms with E-state index in [1.54, 1.807) is 25.1 Å². The fraction of sp³-hybridized carbons (Fsp3) is 0.438. The van der Waals surface area contributed by atoms with Gasteiger partial charge in [-0.2, -0.15) is 0 Å². The van der Waals surface area contributed by atoms with E-state index in [0.29, 0.717) is 0 Å². The Labute approximate surface area is 135 Å². The predicted molar refractivity (Wildman–Crippen MR) is 91.0 cm³/mol. The lowest BCUT2D eigenvalue weighted by Crippen LogP contribution is -2.18. The molecule has 0 bridgehead atoms. The molecule has 0 aliphatic heterocycles. The Bertz CT molecular complexity index is 427. The number of halogens is 1. The lowest BCUT2D eigenvalue weighted by atomic mass is 10.2. The topological polar surface area (TPSA) is 29.5 Å². The smallest absolute Gasteiger partial charge is 0.245 e. The molecule has 0 aromatic heterocycles. The fourth-order valence-electron chi connectivity index (χ4n) is 1.60. The van der Waals surface area contributed by atoms with Crippen molar-refractivity contribution in [2.24, 2.45) is 0 Å². The minimum absolute atomic E-state index is 0.0482. The Morgan fingerprint density at radius 2 is 1.90 bits per heavy atom. The molecule has 0 saturated carbocycles. The van der Waals surface area contributed by atoms with Crippen molar-refractivity contribution in [3.63, 3.8) is 0 Å². The Balaban J connectivity index is 2.02. The average Bonchev–Trinajstić information content (AvgIpc) is 2.43. The number of rotatable bonds is 8. The maximum Gasteiger partial charge on any atom is 0.245 e. The molecular formula is C16H22INO2. The third-order valence-corrected chi connectivity index (χ3v) is 3.52. The zero-order chi connectivity index (χ0) is 14.8. The standard InChI is InChI=1S/C16H22INO2/c1-18(2)16(19)8-6-4-3-5-7-13-20-15-11-9-14(17)10-12-15/h6,8-12H,3-5,7,13H2,1-2H3/b8-6+. The van der Waals surface area contributed by atoms with Crippen molar-refractivity contribution in [1.82, 2.24) is 4.90 Å². The molecule has 4 heteroatoms. The quantitative estimate of drug-likeness (QED) is 0.385. The molecule has 0 heterocycles. The van der Waals surface area contributed by atoms with Gasteiger partial charge in [0.05, 0.1) is 6.61 Å². The molecule has 0 aliphatic carbocycles. The van der Waals surface area contributed by atoms with E-state index in [0.717, 1.165) is 38.0 Å². The second kappa shape index (κ2) is 9.80. The maximum absolute atomic E-state index is 11.3. The molecule has 0 radical (unpaired) electrons. The summed E-state index contributed by atoms with van der Waals surface area (Å²) in [4.78, 5) is 12.9. The van der Waals surface area contributed by atoms with Gasteiger partial charge in [0, 0.05) is 17.7 Å². The van der Waals surface area contributed by atoms with Gasteiger partial charge < -0.3 is 9.64 Å². The zero-order valence-corrected chi connectivity index (χ0v) is 14.3. The summed E-state index contributed by atoms with van der Waals surface area (Å²) in [7, 11) is 3.52. The highest BCUT2D eigenvalue weighted by atomic mass is 127. The van der Waals surface area contributed by atoms with Gasteiger partial charge in [-0.1, -0.05) is 6.08 Å². The molecule has 3 nitrogen and oxygen atoms in total. The number of likely N-dealkylation sites (N-methyl/N-ethyl adjacent to an activating group) is 1. The number of ether oxygens (including phenoxy) is 1. The Hall–Kier alpha value is -1.04. The second-order valence-corrected chi connectivity index (χ2v) is 6.03. The van der Waals surface area contributed by atoms with Gasteiger partial charge in [-0.3, -0.25) is 4.79 Å². The van der Waals surface area contributed by atoms with Crippen molar-refractivity contribution >= 4 is 28.5 Å². The number of hydrogen-bond donors (Lipinski definition) is 0. The van der Waals surface area contributed by atoms with Crippen molar-refractivity contribution in [2.75, 3.05) is 20.7 Å². The Kier molecular flexibility index (Phi) is 8.34. The molecule has 0 fully saturated rings. The number of benzene rings is 1. The Morgan fingerprint density at radius 3 is 2.55 bits per heavy atom. The van der Waals surface area contributed by atoms with E-state index in [4.69, 9.17) is 4.74 Å². The first kappa shape index (κ1) is 17.0. The van der Waals surface area contributed by atoms with Gasteiger partial charge in [-0.25, -0.2) is 0 Å². The lowest BCUT2D eigenvalue weighted by molar-refractivity contribution is -0.123. The van der Waals surface area contributed by atoms with E-state index in [2.05, 4.69) is 22.6 Å². The molecule has 1 aromatic rings. The van der Waals surface area contributed by atoms with Crippen LogP contribution in [0.15, 0.2) is 36.4 Å². The molecule has 1 aromatic carbocycles. The van der Waals surface area contributed by atoms with Crippen LogP contribution in [0.5, 0.6) is 5.75 Å². The normalized spacial score (nSPS) is 10.8. The number of unbranched alkanes of at least 4 members (excludes halogenated alkanes) is 3. The van der Waals surface area contributed by atoms with Crippen LogP contribution < -0.4 is 4.74 Å². The van der Waals surface area contributed by atoms with Crippen LogP contribution in [0, 0.1) is 3.57 Å². The van der Waals surface area contributed by atoms with E-state index in [1.807, 2.05) is 30.3 Å². The monoisotopic (exact) mass is 387 g/mol. The van der Waals surface area contributed by atoms with Crippen LogP contribution >= 0.6 is 22.6 Å². The van der Waals surface area contributed by atoms with Gasteiger partial charge in [-0.05, 0) is 78.6 Å². The second-order valence-electron chi connectivity index (χ2n) is 4.79. The summed E-state index contributed by atoms with van der Waals surface area (Å²) in [6, 6.07) is 8.08. The summed E-state index contributed by atoms with van der Waals surface area (Å²) in [6.45, 7) is 0.751. The molecule has 0 N–H and O–H groups in total. The predicted octanol–water partition coefficient (Wildman–Crippen LogP) is 3.87. The first-order valence-electron chi connectivity index (χ1n) is 6.86. The van der Waals surface area contributed by atoms with E-state index in [1.165, 1.54) is 3.57 Å². The fourth-order valence-corrected chi connectivity index (χ4v) is 1.95. The van der Waals surface area contributed by atoms with Gasteiger partial charge in [0.15, 0.2) is 0 Å². The van der Waals surface area contributed by atoms with Crippen LogP contribution in [0.4, 0.5) is 0 Å². The SMILES string of the molecule is CN(C)C(=O)/C=C/CCCCCOc1ccc(I)cc1. The van der Waals surface area contributed by atoms with Crippen LogP contribution in [0.3, 0.4) is 0 Å². The summed E-state index contributed by atoms with van der Waals surface area (Å²) in [6.07, 6.45) is 7.78. The van der Waals surface area contributed by atoms with Crippen molar-refractivity contribution in [1.29, 1.82) is 0 Å². The molecule has 0 spiro atoms. The number of amides is 1. The van der Waals surface area contributed by atoms with Gasteiger partial charge in [0.25, 0.3) is 0 Å². The summed E-state index contributed by atoms with van der Waals surface area (Å²) < 4.78 is 6.87. The van der Waals surface area contributed by atoms with Gasteiger partial charge in [0.2, 0.25) is 5.91 Å². The third kappa shape index (κ3) is 7.53. The Morgan fingerprint density at radius 1 is 1.20 bits per heavy atom. The van der Waals surface area contributed by atoms with Crippen LogP contribution in [-0.2, 0) is 4.79 Å². The number of nitrogens with zero attached hydrogens (tertiary/aromatic N) is 1. The van der Waals surface area contributed by atoms with Crippen molar-refractivity contribution in [2.45, 2.75) is 25.7 Å². The summed E-state index contributed by atoms with van der Waals surface area (Å²) in [5, 5.41) is 0. The number of hydrogen-bond acceptors (Lipinski definition) is 2. The molecular weight excluding hydrogens is 365 g/mol. The van der Waals surface area contributed by atoms with Crippen LogP contribution in [0.2, 0.25) is 0 Å². The summed E-state index contributed by atoms with van der Waals surface area (Å²) >= 11 is 2.28. The van der Waals surface area contributed by atoms with E-state index >= 15 is 0 Å². The van der Waals surface area contributed by atoms with Gasteiger partial charge >= 0.3 is 0 Å². The summed E-state index contributed by atoms with van der Waals surface area (Å²) in [5.74, 6) is 0.980. The minimum atomic E-state index is 0.0482. The highest BCUT2D eigenvalue weighted by Gasteiger charge is 1.96. The molecule has 0 atom stereocenters. The molecule has 0 aliphatic rings. The van der Waals surface area contributed by atoms with Gasteiger partial charge in [-0.15, -0.1) is 0 Å². The highest BCUT2D eigenvalue weighted by molar-refractivity contribution is 14.1. The number of carbonyl (C=O) groups excluding carboxylic acids is 1. The number of carbonyl (C=O) groups is 1. The minimum Gasteiger partial charge on any atom is -0.494 e. The van der Waals surface area contributed by atoms with Crippen molar-refractivity contribution in [3.8, 4) is 5.75 Å². The third-order valence-electron chi connectivity index (χ3n) is 2.80. The molecule has 20 heavy (non-hydrogen) atoms.